The molecule has 1 aromatic carbocycles. The maximum atomic E-state index is 5.62. The van der Waals surface area contributed by atoms with Crippen LogP contribution < -0.4 is 16.0 Å². The van der Waals surface area contributed by atoms with E-state index < -0.39 is 0 Å². The minimum atomic E-state index is 0.132. The average molecular weight is 283 g/mol. The molecule has 0 unspecified atom stereocenters. The second kappa shape index (κ2) is 5.55. The molecule has 0 aliphatic heterocycles. The van der Waals surface area contributed by atoms with Gasteiger partial charge in [-0.3, -0.25) is 5.43 Å². The molecule has 3 N–H and O–H groups in total. The Hall–Kier alpha value is -3.00. The predicted molar refractivity (Wildman–Crippen MR) is 76.0 cm³/mol. The zero-order valence-electron chi connectivity index (χ0n) is 11.3. The Morgan fingerprint density at radius 3 is 2.62 bits per heavy atom. The Morgan fingerprint density at radius 2 is 1.95 bits per heavy atom. The SMILES string of the molecule is Cc1ccc(Oc2nc(NN)nc(-n3cccn3)n2)cc1. The summed E-state index contributed by atoms with van der Waals surface area (Å²) in [7, 11) is 0. The van der Waals surface area contributed by atoms with Gasteiger partial charge in [0.05, 0.1) is 0 Å². The highest BCUT2D eigenvalue weighted by Gasteiger charge is 2.09. The summed E-state index contributed by atoms with van der Waals surface area (Å²) >= 11 is 0. The Labute approximate surface area is 120 Å². The zero-order valence-corrected chi connectivity index (χ0v) is 11.3. The third-order valence-corrected chi connectivity index (χ3v) is 2.67. The van der Waals surface area contributed by atoms with Gasteiger partial charge in [0, 0.05) is 12.4 Å². The van der Waals surface area contributed by atoms with Crippen LogP contribution in [0.25, 0.3) is 5.95 Å². The topological polar surface area (TPSA) is 104 Å². The summed E-state index contributed by atoms with van der Waals surface area (Å²) in [5.41, 5.74) is 3.52. The van der Waals surface area contributed by atoms with E-state index in [0.29, 0.717) is 11.7 Å². The van der Waals surface area contributed by atoms with Crippen LogP contribution in [0, 0.1) is 6.92 Å². The summed E-state index contributed by atoms with van der Waals surface area (Å²) in [6.07, 6.45) is 3.34. The summed E-state index contributed by atoms with van der Waals surface area (Å²) in [5.74, 6) is 6.49. The third kappa shape index (κ3) is 2.95. The van der Waals surface area contributed by atoms with Crippen molar-refractivity contribution in [2.24, 2.45) is 5.84 Å². The maximum absolute atomic E-state index is 5.62. The number of ether oxygens (including phenoxy) is 1. The van der Waals surface area contributed by atoms with Crippen molar-refractivity contribution < 1.29 is 4.74 Å². The number of hydrogen-bond acceptors (Lipinski definition) is 7. The standard InChI is InChI=1S/C13H13N7O/c1-9-3-5-10(6-4-9)21-13-17-11(19-14)16-12(18-13)20-8-2-7-15-20/h2-8H,14H2,1H3,(H,16,17,18,19). The lowest BCUT2D eigenvalue weighted by Gasteiger charge is -2.07. The van der Waals surface area contributed by atoms with Crippen LogP contribution in [0.2, 0.25) is 0 Å². The van der Waals surface area contributed by atoms with Gasteiger partial charge in [0.15, 0.2) is 0 Å². The van der Waals surface area contributed by atoms with E-state index in [9.17, 15) is 0 Å². The lowest BCUT2D eigenvalue weighted by molar-refractivity contribution is 0.438. The number of nitrogens with zero attached hydrogens (tertiary/aromatic N) is 5. The minimum absolute atomic E-state index is 0.132. The van der Waals surface area contributed by atoms with Gasteiger partial charge in [-0.2, -0.15) is 20.1 Å². The first-order valence-corrected chi connectivity index (χ1v) is 6.22. The molecule has 0 spiro atoms. The fourth-order valence-electron chi connectivity index (χ4n) is 1.66. The van der Waals surface area contributed by atoms with E-state index in [-0.39, 0.29) is 12.0 Å². The molecule has 0 atom stereocenters. The van der Waals surface area contributed by atoms with Gasteiger partial charge in [-0.15, -0.1) is 0 Å². The molecule has 3 aromatic rings. The second-order valence-electron chi connectivity index (χ2n) is 4.25. The molecular weight excluding hydrogens is 270 g/mol. The minimum Gasteiger partial charge on any atom is -0.424 e. The van der Waals surface area contributed by atoms with Crippen LogP contribution in [0.3, 0.4) is 0 Å². The highest BCUT2D eigenvalue weighted by molar-refractivity contribution is 5.32. The predicted octanol–water partition coefficient (Wildman–Crippen LogP) is 1.44. The van der Waals surface area contributed by atoms with Crippen LogP contribution >= 0.6 is 0 Å². The summed E-state index contributed by atoms with van der Waals surface area (Å²) in [5, 5.41) is 4.06. The van der Waals surface area contributed by atoms with Crippen molar-refractivity contribution in [3.8, 4) is 17.7 Å². The van der Waals surface area contributed by atoms with E-state index in [4.69, 9.17) is 10.6 Å². The van der Waals surface area contributed by atoms with Crippen molar-refractivity contribution in [1.29, 1.82) is 0 Å². The lowest BCUT2D eigenvalue weighted by atomic mass is 10.2. The molecule has 0 fully saturated rings. The van der Waals surface area contributed by atoms with Gasteiger partial charge >= 0.3 is 6.01 Å². The Kier molecular flexibility index (Phi) is 3.44. The largest absolute Gasteiger partial charge is 0.424 e. The molecule has 0 radical (unpaired) electrons. The molecule has 3 rings (SSSR count). The highest BCUT2D eigenvalue weighted by Crippen LogP contribution is 2.19. The van der Waals surface area contributed by atoms with Gasteiger partial charge in [0.2, 0.25) is 5.95 Å². The smallest absolute Gasteiger partial charge is 0.328 e. The number of hydrazine groups is 1. The molecule has 0 saturated carbocycles. The maximum Gasteiger partial charge on any atom is 0.328 e. The molecule has 2 aromatic heterocycles. The van der Waals surface area contributed by atoms with E-state index >= 15 is 0 Å². The first kappa shape index (κ1) is 13.0. The van der Waals surface area contributed by atoms with Crippen LogP contribution in [0.1, 0.15) is 5.56 Å². The number of nitrogens with one attached hydrogen (secondary N) is 1. The van der Waals surface area contributed by atoms with Gasteiger partial charge in [-0.1, -0.05) is 17.7 Å². The van der Waals surface area contributed by atoms with E-state index in [1.54, 1.807) is 18.5 Å². The number of anilines is 1. The fraction of sp³-hybridized carbons (Fsp3) is 0.0769. The second-order valence-corrected chi connectivity index (χ2v) is 4.25. The van der Waals surface area contributed by atoms with Crippen molar-refractivity contribution in [3.63, 3.8) is 0 Å². The van der Waals surface area contributed by atoms with E-state index in [0.717, 1.165) is 5.56 Å². The Bertz CT molecular complexity index is 725. The fourth-order valence-corrected chi connectivity index (χ4v) is 1.66. The lowest BCUT2D eigenvalue weighted by Crippen LogP contribution is -2.14. The first-order valence-electron chi connectivity index (χ1n) is 6.22. The van der Waals surface area contributed by atoms with Gasteiger partial charge in [-0.05, 0) is 25.1 Å². The van der Waals surface area contributed by atoms with Crippen LogP contribution in [0.15, 0.2) is 42.7 Å². The number of nitrogens with two attached hydrogens (primary N) is 1. The quantitative estimate of drug-likeness (QED) is 0.551. The molecule has 106 valence electrons. The summed E-state index contributed by atoms with van der Waals surface area (Å²) in [6, 6.07) is 9.44. The molecule has 0 bridgehead atoms. The van der Waals surface area contributed by atoms with Crippen LogP contribution in [-0.2, 0) is 0 Å². The number of benzene rings is 1. The highest BCUT2D eigenvalue weighted by atomic mass is 16.5. The number of rotatable bonds is 4. The molecule has 8 nitrogen and oxygen atoms in total. The molecule has 0 aliphatic carbocycles. The van der Waals surface area contributed by atoms with Crippen molar-refractivity contribution in [1.82, 2.24) is 24.7 Å². The molecule has 0 saturated heterocycles. The van der Waals surface area contributed by atoms with Gasteiger partial charge in [-0.25, -0.2) is 10.5 Å². The number of aryl methyl sites for hydroxylation is 1. The molecule has 0 aliphatic rings. The van der Waals surface area contributed by atoms with Crippen molar-refractivity contribution >= 4 is 5.95 Å². The summed E-state index contributed by atoms with van der Waals surface area (Å²) < 4.78 is 7.11. The number of hydrogen-bond donors (Lipinski definition) is 2. The summed E-state index contributed by atoms with van der Waals surface area (Å²) in [4.78, 5) is 12.4. The number of aromatic nitrogens is 5. The van der Waals surface area contributed by atoms with Crippen molar-refractivity contribution in [2.75, 3.05) is 5.43 Å². The van der Waals surface area contributed by atoms with Crippen LogP contribution in [0.5, 0.6) is 11.8 Å². The summed E-state index contributed by atoms with van der Waals surface area (Å²) in [6.45, 7) is 2.00. The molecule has 0 amide bonds. The monoisotopic (exact) mass is 283 g/mol. The van der Waals surface area contributed by atoms with Crippen LogP contribution in [0.4, 0.5) is 5.95 Å². The zero-order chi connectivity index (χ0) is 14.7. The third-order valence-electron chi connectivity index (χ3n) is 2.67. The van der Waals surface area contributed by atoms with Gasteiger partial charge < -0.3 is 4.74 Å². The van der Waals surface area contributed by atoms with Crippen molar-refractivity contribution in [3.05, 3.63) is 48.3 Å². The van der Waals surface area contributed by atoms with E-state index in [2.05, 4.69) is 25.5 Å². The Balaban J connectivity index is 1.94. The van der Waals surface area contributed by atoms with E-state index in [1.165, 1.54) is 4.68 Å². The van der Waals surface area contributed by atoms with E-state index in [1.807, 2.05) is 31.2 Å². The first-order chi connectivity index (χ1) is 10.2. The number of nitrogen functional groups attached to an aromatic ring is 1. The molecular formula is C13H13N7O. The van der Waals surface area contributed by atoms with Crippen molar-refractivity contribution in [2.45, 2.75) is 6.92 Å². The molecule has 8 heteroatoms. The van der Waals surface area contributed by atoms with Gasteiger partial charge in [0.1, 0.15) is 5.75 Å². The Morgan fingerprint density at radius 1 is 1.14 bits per heavy atom. The molecule has 21 heavy (non-hydrogen) atoms. The van der Waals surface area contributed by atoms with Gasteiger partial charge in [0.25, 0.3) is 5.95 Å². The molecule has 2 heterocycles. The normalized spacial score (nSPS) is 10.4. The van der Waals surface area contributed by atoms with Crippen LogP contribution in [-0.4, -0.2) is 24.7 Å². The average Bonchev–Trinajstić information content (AvgIpc) is 3.04.